The van der Waals surface area contributed by atoms with E-state index < -0.39 is 0 Å². The van der Waals surface area contributed by atoms with Crippen molar-refractivity contribution in [1.82, 2.24) is 31.2 Å². The molecule has 3 N–H and O–H groups in total. The molecule has 1 aliphatic rings. The van der Waals surface area contributed by atoms with E-state index in [9.17, 15) is 9.59 Å². The van der Waals surface area contributed by atoms with Gasteiger partial charge in [-0.2, -0.15) is 15.0 Å². The number of carbonyl (C=O) groups is 2. The first-order chi connectivity index (χ1) is 8.75. The van der Waals surface area contributed by atoms with E-state index >= 15 is 0 Å². The molecule has 0 saturated carbocycles. The lowest BCUT2D eigenvalue weighted by atomic mass is 9.98. The highest BCUT2D eigenvalue weighted by molar-refractivity contribution is 5.83. The van der Waals surface area contributed by atoms with Crippen LogP contribution in [0.1, 0.15) is 12.8 Å². The topological polar surface area (TPSA) is 101 Å². The maximum atomic E-state index is 11.7. The van der Waals surface area contributed by atoms with Crippen molar-refractivity contribution in [2.24, 2.45) is 5.92 Å². The fraction of sp³-hybridized carbons (Fsp3) is 0.600. The van der Waals surface area contributed by atoms with Gasteiger partial charge in [0.1, 0.15) is 6.54 Å². The number of nitrogens with zero attached hydrogens (tertiary/aromatic N) is 3. The second-order valence-corrected chi connectivity index (χ2v) is 4.12. The van der Waals surface area contributed by atoms with Gasteiger partial charge in [0.2, 0.25) is 5.91 Å². The Kier molecular flexibility index (Phi) is 4.24. The minimum absolute atomic E-state index is 0.0144. The van der Waals surface area contributed by atoms with E-state index in [2.05, 4.69) is 26.4 Å². The molecule has 0 bridgehead atoms. The van der Waals surface area contributed by atoms with Crippen molar-refractivity contribution in [2.75, 3.05) is 13.1 Å². The quantitative estimate of drug-likeness (QED) is 0.564. The van der Waals surface area contributed by atoms with Gasteiger partial charge in [-0.05, 0) is 25.9 Å². The number of rotatable bonds is 3. The Morgan fingerprint density at radius 1 is 1.22 bits per heavy atom. The summed E-state index contributed by atoms with van der Waals surface area (Å²) < 4.78 is 0. The van der Waals surface area contributed by atoms with Crippen molar-refractivity contribution < 1.29 is 9.59 Å². The molecule has 1 aromatic heterocycles. The van der Waals surface area contributed by atoms with Gasteiger partial charge in [0, 0.05) is 5.92 Å². The molecule has 98 valence electrons. The SMILES string of the molecule is O=C(Cn1nccn1)NNC(=O)C1CCNCC1. The summed E-state index contributed by atoms with van der Waals surface area (Å²) in [5.41, 5.74) is 4.79. The number of aromatic nitrogens is 3. The van der Waals surface area contributed by atoms with Crippen LogP contribution in [-0.2, 0) is 16.1 Å². The Morgan fingerprint density at radius 3 is 2.56 bits per heavy atom. The van der Waals surface area contributed by atoms with E-state index in [0.717, 1.165) is 25.9 Å². The number of piperidine rings is 1. The first-order valence-electron chi connectivity index (χ1n) is 5.89. The predicted octanol–water partition coefficient (Wildman–Crippen LogP) is -1.57. The Labute approximate surface area is 104 Å². The molecule has 0 unspecified atom stereocenters. The third-order valence-electron chi connectivity index (χ3n) is 2.79. The van der Waals surface area contributed by atoms with Crippen LogP contribution >= 0.6 is 0 Å². The van der Waals surface area contributed by atoms with Crippen LogP contribution in [0.25, 0.3) is 0 Å². The normalized spacial score (nSPS) is 16.2. The molecule has 1 aromatic rings. The number of nitrogens with one attached hydrogen (secondary N) is 3. The van der Waals surface area contributed by atoms with Crippen molar-refractivity contribution in [3.8, 4) is 0 Å². The van der Waals surface area contributed by atoms with Crippen molar-refractivity contribution >= 4 is 11.8 Å². The third-order valence-corrected chi connectivity index (χ3v) is 2.79. The summed E-state index contributed by atoms with van der Waals surface area (Å²) in [4.78, 5) is 24.4. The van der Waals surface area contributed by atoms with Crippen molar-refractivity contribution in [1.29, 1.82) is 0 Å². The maximum absolute atomic E-state index is 11.7. The molecule has 8 heteroatoms. The molecule has 8 nitrogen and oxygen atoms in total. The van der Waals surface area contributed by atoms with Crippen molar-refractivity contribution in [2.45, 2.75) is 19.4 Å². The van der Waals surface area contributed by atoms with E-state index in [0.29, 0.717) is 0 Å². The van der Waals surface area contributed by atoms with Crippen LogP contribution < -0.4 is 16.2 Å². The van der Waals surface area contributed by atoms with Crippen LogP contribution in [0.5, 0.6) is 0 Å². The predicted molar refractivity (Wildman–Crippen MR) is 61.9 cm³/mol. The Hall–Kier alpha value is -1.96. The lowest BCUT2D eigenvalue weighted by Gasteiger charge is -2.21. The van der Waals surface area contributed by atoms with E-state index in [1.807, 2.05) is 0 Å². The minimum atomic E-state index is -0.353. The van der Waals surface area contributed by atoms with Gasteiger partial charge in [-0.25, -0.2) is 0 Å². The van der Waals surface area contributed by atoms with Gasteiger partial charge in [-0.1, -0.05) is 0 Å². The van der Waals surface area contributed by atoms with E-state index in [1.54, 1.807) is 0 Å². The van der Waals surface area contributed by atoms with Gasteiger partial charge in [0.15, 0.2) is 0 Å². The van der Waals surface area contributed by atoms with Crippen LogP contribution in [-0.4, -0.2) is 39.9 Å². The van der Waals surface area contributed by atoms with Crippen LogP contribution in [0.3, 0.4) is 0 Å². The molecule has 0 aromatic carbocycles. The average Bonchev–Trinajstić information content (AvgIpc) is 2.90. The first-order valence-corrected chi connectivity index (χ1v) is 5.89. The molecule has 1 aliphatic heterocycles. The molecule has 18 heavy (non-hydrogen) atoms. The van der Waals surface area contributed by atoms with Crippen LogP contribution in [0.4, 0.5) is 0 Å². The zero-order valence-corrected chi connectivity index (χ0v) is 9.93. The highest BCUT2D eigenvalue weighted by Gasteiger charge is 2.21. The summed E-state index contributed by atoms with van der Waals surface area (Å²) in [5.74, 6) is -0.527. The summed E-state index contributed by atoms with van der Waals surface area (Å²) in [6, 6.07) is 0. The van der Waals surface area contributed by atoms with Crippen LogP contribution in [0.15, 0.2) is 12.4 Å². The number of hydrogen-bond donors (Lipinski definition) is 3. The van der Waals surface area contributed by atoms with Gasteiger partial charge >= 0.3 is 0 Å². The monoisotopic (exact) mass is 252 g/mol. The van der Waals surface area contributed by atoms with Crippen molar-refractivity contribution in [3.05, 3.63) is 12.4 Å². The molecule has 2 heterocycles. The van der Waals surface area contributed by atoms with Gasteiger partial charge in [0.05, 0.1) is 12.4 Å². The van der Waals surface area contributed by atoms with E-state index in [1.165, 1.54) is 17.2 Å². The molecule has 2 amide bonds. The van der Waals surface area contributed by atoms with Crippen LogP contribution in [0.2, 0.25) is 0 Å². The van der Waals surface area contributed by atoms with Gasteiger partial charge in [-0.3, -0.25) is 20.4 Å². The van der Waals surface area contributed by atoms with Crippen molar-refractivity contribution in [3.63, 3.8) is 0 Å². The third kappa shape index (κ3) is 3.52. The number of hydrogen-bond acceptors (Lipinski definition) is 5. The zero-order chi connectivity index (χ0) is 12.8. The summed E-state index contributed by atoms with van der Waals surface area (Å²) in [5, 5.41) is 10.8. The molecule has 2 rings (SSSR count). The summed E-state index contributed by atoms with van der Waals surface area (Å²) in [6.07, 6.45) is 4.56. The fourth-order valence-electron chi connectivity index (χ4n) is 1.81. The molecule has 0 radical (unpaired) electrons. The van der Waals surface area contributed by atoms with Gasteiger partial charge in [0.25, 0.3) is 5.91 Å². The second kappa shape index (κ2) is 6.10. The van der Waals surface area contributed by atoms with Gasteiger partial charge < -0.3 is 5.32 Å². The zero-order valence-electron chi connectivity index (χ0n) is 9.93. The molecular weight excluding hydrogens is 236 g/mol. The minimum Gasteiger partial charge on any atom is -0.317 e. The maximum Gasteiger partial charge on any atom is 0.261 e. The molecule has 0 atom stereocenters. The largest absolute Gasteiger partial charge is 0.317 e. The highest BCUT2D eigenvalue weighted by atomic mass is 16.2. The van der Waals surface area contributed by atoms with Crippen LogP contribution in [0, 0.1) is 5.92 Å². The Bertz CT molecular complexity index is 399. The average molecular weight is 252 g/mol. The lowest BCUT2D eigenvalue weighted by Crippen LogP contribution is -2.47. The second-order valence-electron chi connectivity index (χ2n) is 4.12. The summed E-state index contributed by atoms with van der Waals surface area (Å²) in [7, 11) is 0. The molecule has 0 spiro atoms. The van der Waals surface area contributed by atoms with E-state index in [-0.39, 0.29) is 24.3 Å². The van der Waals surface area contributed by atoms with Gasteiger partial charge in [-0.15, -0.1) is 0 Å². The summed E-state index contributed by atoms with van der Waals surface area (Å²) in [6.45, 7) is 1.66. The first kappa shape index (κ1) is 12.5. The highest BCUT2D eigenvalue weighted by Crippen LogP contribution is 2.10. The Balaban J connectivity index is 1.70. The smallest absolute Gasteiger partial charge is 0.261 e. The summed E-state index contributed by atoms with van der Waals surface area (Å²) >= 11 is 0. The molecule has 1 fully saturated rings. The number of hydrazine groups is 1. The molecule has 0 aliphatic carbocycles. The standard InChI is InChI=1S/C10H16N6O2/c17-9(7-16-12-5-6-13-16)14-15-10(18)8-1-3-11-4-2-8/h5-6,8,11H,1-4,7H2,(H,14,17)(H,15,18). The molecular formula is C10H16N6O2. The fourth-order valence-corrected chi connectivity index (χ4v) is 1.81. The Morgan fingerprint density at radius 2 is 1.89 bits per heavy atom. The van der Waals surface area contributed by atoms with E-state index in [4.69, 9.17) is 0 Å². The lowest BCUT2D eigenvalue weighted by molar-refractivity contribution is -0.132. The number of carbonyl (C=O) groups excluding carboxylic acids is 2. The molecule has 1 saturated heterocycles. The number of amides is 2.